The molecule has 0 bridgehead atoms. The summed E-state index contributed by atoms with van der Waals surface area (Å²) < 4.78 is 6.72. The van der Waals surface area contributed by atoms with Crippen LogP contribution in [0.1, 0.15) is 51.4 Å². The predicted octanol–water partition coefficient (Wildman–Crippen LogP) is 2.80. The first-order valence-electron chi connectivity index (χ1n) is 8.86. The highest BCUT2D eigenvalue weighted by Gasteiger charge is 2.18. The lowest BCUT2D eigenvalue weighted by Crippen LogP contribution is -2.34. The predicted molar refractivity (Wildman–Crippen MR) is 98.6 cm³/mol. The van der Waals surface area contributed by atoms with E-state index in [1.807, 2.05) is 25.1 Å². The number of unbranched alkanes of at least 4 members (excludes halogenated alkanes) is 2. The zero-order valence-electron chi connectivity index (χ0n) is 15.2. The minimum absolute atomic E-state index is 0.0124. The average molecular weight is 345 g/mol. The molecule has 1 N–H and O–H groups in total. The molecule has 2 rings (SSSR count). The van der Waals surface area contributed by atoms with Crippen LogP contribution in [0.3, 0.4) is 0 Å². The Morgan fingerprint density at radius 1 is 1.32 bits per heavy atom. The number of nitrogens with one attached hydrogen (secondary N) is 1. The Bertz CT molecular complexity index is 770. The summed E-state index contributed by atoms with van der Waals surface area (Å²) in [4.78, 5) is 29.6. The van der Waals surface area contributed by atoms with Crippen LogP contribution < -0.4 is 10.9 Å². The first-order chi connectivity index (χ1) is 12.1. The van der Waals surface area contributed by atoms with Crippen LogP contribution in [-0.2, 0) is 16.1 Å². The summed E-state index contributed by atoms with van der Waals surface area (Å²) in [6.45, 7) is 4.77. The Hall–Kier alpha value is -2.21. The molecule has 1 aromatic heterocycles. The lowest BCUT2D eigenvalue weighted by Gasteiger charge is -2.19. The van der Waals surface area contributed by atoms with Gasteiger partial charge in [0.2, 0.25) is 5.91 Å². The Kier molecular flexibility index (Phi) is 7.13. The molecule has 2 aromatic rings. The van der Waals surface area contributed by atoms with Crippen molar-refractivity contribution in [3.05, 3.63) is 40.4 Å². The van der Waals surface area contributed by atoms with E-state index in [1.54, 1.807) is 17.7 Å². The Balaban J connectivity index is 2.30. The van der Waals surface area contributed by atoms with Crippen molar-refractivity contribution in [1.82, 2.24) is 14.9 Å². The zero-order valence-corrected chi connectivity index (χ0v) is 15.2. The summed E-state index contributed by atoms with van der Waals surface area (Å²) in [6, 6.07) is 6.92. The van der Waals surface area contributed by atoms with Gasteiger partial charge in [0.15, 0.2) is 0 Å². The maximum atomic E-state index is 12.8. The van der Waals surface area contributed by atoms with Crippen LogP contribution in [0.15, 0.2) is 29.1 Å². The summed E-state index contributed by atoms with van der Waals surface area (Å²) in [5.41, 5.74) is 0.535. The third-order valence-corrected chi connectivity index (χ3v) is 4.18. The van der Waals surface area contributed by atoms with Gasteiger partial charge < -0.3 is 10.1 Å². The van der Waals surface area contributed by atoms with Gasteiger partial charge in [-0.25, -0.2) is 4.98 Å². The van der Waals surface area contributed by atoms with Crippen LogP contribution in [-0.4, -0.2) is 29.2 Å². The van der Waals surface area contributed by atoms with Crippen molar-refractivity contribution in [2.45, 2.75) is 52.1 Å². The van der Waals surface area contributed by atoms with E-state index in [4.69, 9.17) is 4.74 Å². The van der Waals surface area contributed by atoms with E-state index in [2.05, 4.69) is 17.2 Å². The lowest BCUT2D eigenvalue weighted by atomic mass is 10.2. The van der Waals surface area contributed by atoms with Gasteiger partial charge in [-0.3, -0.25) is 14.2 Å². The van der Waals surface area contributed by atoms with Crippen LogP contribution in [0.5, 0.6) is 0 Å². The van der Waals surface area contributed by atoms with Gasteiger partial charge in [-0.1, -0.05) is 31.9 Å². The van der Waals surface area contributed by atoms with Gasteiger partial charge in [-0.05, 0) is 25.5 Å². The largest absolute Gasteiger partial charge is 0.383 e. The smallest absolute Gasteiger partial charge is 0.261 e. The fraction of sp³-hybridized carbons (Fsp3) is 0.526. The summed E-state index contributed by atoms with van der Waals surface area (Å²) >= 11 is 0. The highest BCUT2D eigenvalue weighted by Crippen LogP contribution is 2.14. The fourth-order valence-electron chi connectivity index (χ4n) is 2.83. The number of fused-ring (bicyclic) bond motifs is 1. The van der Waals surface area contributed by atoms with E-state index < -0.39 is 0 Å². The summed E-state index contributed by atoms with van der Waals surface area (Å²) in [5.74, 6) is 0.547. The van der Waals surface area contributed by atoms with E-state index in [0.717, 1.165) is 19.3 Å². The Labute approximate surface area is 148 Å². The second kappa shape index (κ2) is 9.32. The molecule has 0 saturated heterocycles. The molecule has 0 saturated carbocycles. The minimum Gasteiger partial charge on any atom is -0.383 e. The number of carbonyl (C=O) groups is 1. The first kappa shape index (κ1) is 19.1. The van der Waals surface area contributed by atoms with Crippen LogP contribution in [0.4, 0.5) is 0 Å². The third kappa shape index (κ3) is 4.89. The summed E-state index contributed by atoms with van der Waals surface area (Å²) in [6.07, 6.45) is 3.48. The highest BCUT2D eigenvalue weighted by atomic mass is 16.5. The molecule has 6 nitrogen and oxygen atoms in total. The van der Waals surface area contributed by atoms with E-state index in [9.17, 15) is 9.59 Å². The molecule has 0 spiro atoms. The molecule has 1 unspecified atom stereocenters. The average Bonchev–Trinajstić information content (AvgIpc) is 2.61. The number of rotatable bonds is 9. The molecular weight excluding hydrogens is 318 g/mol. The number of hydrogen-bond donors (Lipinski definition) is 1. The van der Waals surface area contributed by atoms with Crippen LogP contribution in [0.2, 0.25) is 0 Å². The number of amides is 1. The van der Waals surface area contributed by atoms with E-state index >= 15 is 0 Å². The van der Waals surface area contributed by atoms with E-state index in [0.29, 0.717) is 36.3 Å². The number of aromatic nitrogens is 2. The van der Waals surface area contributed by atoms with Crippen LogP contribution in [0.25, 0.3) is 10.9 Å². The van der Waals surface area contributed by atoms with Crippen molar-refractivity contribution < 1.29 is 9.53 Å². The van der Waals surface area contributed by atoms with Crippen molar-refractivity contribution >= 4 is 16.8 Å². The quantitative estimate of drug-likeness (QED) is 0.709. The third-order valence-electron chi connectivity index (χ3n) is 4.18. The first-order valence-corrected chi connectivity index (χ1v) is 8.86. The number of methoxy groups -OCH3 is 1. The van der Waals surface area contributed by atoms with E-state index in [1.165, 1.54) is 0 Å². The van der Waals surface area contributed by atoms with Crippen LogP contribution in [0, 0.1) is 0 Å². The second-order valence-electron chi connectivity index (χ2n) is 6.18. The number of nitrogens with zero attached hydrogens (tertiary/aromatic N) is 2. The Morgan fingerprint density at radius 3 is 2.80 bits per heavy atom. The maximum Gasteiger partial charge on any atom is 0.261 e. The van der Waals surface area contributed by atoms with Crippen molar-refractivity contribution in [1.29, 1.82) is 0 Å². The van der Waals surface area contributed by atoms with Crippen molar-refractivity contribution in [2.24, 2.45) is 0 Å². The van der Waals surface area contributed by atoms with Gasteiger partial charge in [0.05, 0.1) is 30.1 Å². The number of ether oxygens (including phenoxy) is 1. The fourth-order valence-corrected chi connectivity index (χ4v) is 2.83. The van der Waals surface area contributed by atoms with Gasteiger partial charge in [-0.15, -0.1) is 0 Å². The van der Waals surface area contributed by atoms with Gasteiger partial charge in [0.25, 0.3) is 5.56 Å². The topological polar surface area (TPSA) is 73.2 Å². The molecule has 1 aromatic carbocycles. The van der Waals surface area contributed by atoms with Gasteiger partial charge in [-0.2, -0.15) is 0 Å². The molecule has 0 fully saturated rings. The molecule has 0 aliphatic rings. The monoisotopic (exact) mass is 345 g/mol. The van der Waals surface area contributed by atoms with Crippen molar-refractivity contribution in [3.63, 3.8) is 0 Å². The SMILES string of the molecule is CCCCCC(=O)NC(C)c1nc2ccccc2c(=O)n1CCOC. The number of hydrogen-bond acceptors (Lipinski definition) is 4. The van der Waals surface area contributed by atoms with Crippen molar-refractivity contribution in [3.8, 4) is 0 Å². The molecule has 1 atom stereocenters. The molecular formula is C19H27N3O3. The number of benzene rings is 1. The molecule has 0 aliphatic carbocycles. The molecule has 25 heavy (non-hydrogen) atoms. The minimum atomic E-state index is -0.344. The Morgan fingerprint density at radius 2 is 2.08 bits per heavy atom. The molecule has 0 aliphatic heterocycles. The number of carbonyl (C=O) groups excluding carboxylic acids is 1. The molecule has 136 valence electrons. The number of para-hydroxylation sites is 1. The normalized spacial score (nSPS) is 12.3. The van der Waals surface area contributed by atoms with Gasteiger partial charge in [0.1, 0.15) is 5.82 Å². The molecule has 1 amide bonds. The molecule has 1 heterocycles. The van der Waals surface area contributed by atoms with Crippen LogP contribution >= 0.6 is 0 Å². The van der Waals surface area contributed by atoms with Crippen molar-refractivity contribution in [2.75, 3.05) is 13.7 Å². The lowest BCUT2D eigenvalue weighted by molar-refractivity contribution is -0.121. The maximum absolute atomic E-state index is 12.8. The zero-order chi connectivity index (χ0) is 18.2. The standard InChI is InChI=1S/C19H27N3O3/c1-4-5-6-11-17(23)20-14(2)18-21-16-10-8-7-9-15(16)19(24)22(18)12-13-25-3/h7-10,14H,4-6,11-13H2,1-3H3,(H,20,23). The van der Waals surface area contributed by atoms with Gasteiger partial charge in [0, 0.05) is 13.5 Å². The second-order valence-corrected chi connectivity index (χ2v) is 6.18. The summed E-state index contributed by atoms with van der Waals surface area (Å²) in [5, 5.41) is 3.53. The molecule has 0 radical (unpaired) electrons. The van der Waals surface area contributed by atoms with Gasteiger partial charge >= 0.3 is 0 Å². The highest BCUT2D eigenvalue weighted by molar-refractivity contribution is 5.78. The summed E-state index contributed by atoms with van der Waals surface area (Å²) in [7, 11) is 1.60. The molecule has 6 heteroatoms. The van der Waals surface area contributed by atoms with E-state index in [-0.39, 0.29) is 17.5 Å².